The van der Waals surface area contributed by atoms with Crippen molar-refractivity contribution in [2.24, 2.45) is 5.84 Å². The SMILES string of the molecule is CCC[C@@H](c1ccc(C(F)(F)F)cc1)N(N)c1ccc(C(C)C)cc1. The zero-order chi connectivity index (χ0) is 18.6. The maximum atomic E-state index is 12.8. The number of nitrogens with two attached hydrogens (primary N) is 1. The second-order valence-electron chi connectivity index (χ2n) is 6.58. The van der Waals surface area contributed by atoms with Gasteiger partial charge in [0.1, 0.15) is 0 Å². The van der Waals surface area contributed by atoms with Gasteiger partial charge < -0.3 is 5.01 Å². The van der Waals surface area contributed by atoms with Crippen molar-refractivity contribution in [2.75, 3.05) is 5.01 Å². The molecule has 0 unspecified atom stereocenters. The lowest BCUT2D eigenvalue weighted by atomic mass is 9.99. The maximum absolute atomic E-state index is 12.8. The highest BCUT2D eigenvalue weighted by Crippen LogP contribution is 2.33. The molecule has 0 heterocycles. The molecule has 2 nitrogen and oxygen atoms in total. The predicted molar refractivity (Wildman–Crippen MR) is 96.3 cm³/mol. The van der Waals surface area contributed by atoms with Gasteiger partial charge in [0.2, 0.25) is 0 Å². The van der Waals surface area contributed by atoms with E-state index in [-0.39, 0.29) is 6.04 Å². The van der Waals surface area contributed by atoms with Gasteiger partial charge in [-0.3, -0.25) is 0 Å². The molecule has 0 aliphatic rings. The number of nitrogens with zero attached hydrogens (tertiary/aromatic N) is 1. The standard InChI is InChI=1S/C20H25F3N2/c1-4-5-19(16-6-10-17(11-7-16)20(21,22)23)25(24)18-12-8-15(9-13-18)14(2)3/h6-14,19H,4-5,24H2,1-3H3/t19-/m0/s1. The molecule has 2 aromatic carbocycles. The van der Waals surface area contributed by atoms with Gasteiger partial charge in [-0.25, -0.2) is 5.84 Å². The van der Waals surface area contributed by atoms with Crippen LogP contribution in [-0.2, 0) is 6.18 Å². The number of alkyl halides is 3. The number of hydrogen-bond acceptors (Lipinski definition) is 2. The summed E-state index contributed by atoms with van der Waals surface area (Å²) in [4.78, 5) is 0. The van der Waals surface area contributed by atoms with Gasteiger partial charge in [0.15, 0.2) is 0 Å². The molecule has 2 N–H and O–H groups in total. The summed E-state index contributed by atoms with van der Waals surface area (Å²) in [6, 6.07) is 13.1. The lowest BCUT2D eigenvalue weighted by Gasteiger charge is -2.30. The molecule has 5 heteroatoms. The fraction of sp³-hybridized carbons (Fsp3) is 0.400. The monoisotopic (exact) mass is 350 g/mol. The Balaban J connectivity index is 2.27. The number of halogens is 3. The second-order valence-corrected chi connectivity index (χ2v) is 6.58. The molecule has 0 aromatic heterocycles. The molecule has 0 spiro atoms. The molecule has 0 saturated carbocycles. The molecule has 0 bridgehead atoms. The Bertz CT molecular complexity index is 661. The van der Waals surface area contributed by atoms with Gasteiger partial charge in [0, 0.05) is 0 Å². The molecule has 0 aliphatic carbocycles. The highest BCUT2D eigenvalue weighted by atomic mass is 19.4. The average Bonchev–Trinajstić information content (AvgIpc) is 2.58. The molecule has 0 radical (unpaired) electrons. The molecule has 0 amide bonds. The van der Waals surface area contributed by atoms with E-state index in [1.165, 1.54) is 17.7 Å². The van der Waals surface area contributed by atoms with Gasteiger partial charge in [-0.2, -0.15) is 13.2 Å². The topological polar surface area (TPSA) is 29.3 Å². The smallest absolute Gasteiger partial charge is 0.304 e. The first-order valence-corrected chi connectivity index (χ1v) is 8.55. The molecule has 2 aromatic rings. The zero-order valence-corrected chi connectivity index (χ0v) is 14.8. The maximum Gasteiger partial charge on any atom is 0.416 e. The summed E-state index contributed by atoms with van der Waals surface area (Å²) in [5.41, 5.74) is 2.21. The van der Waals surface area contributed by atoms with Crippen molar-refractivity contribution in [3.63, 3.8) is 0 Å². The number of rotatable bonds is 6. The molecule has 136 valence electrons. The average molecular weight is 350 g/mol. The Morgan fingerprint density at radius 1 is 0.920 bits per heavy atom. The van der Waals surface area contributed by atoms with E-state index in [0.29, 0.717) is 5.92 Å². The van der Waals surface area contributed by atoms with Gasteiger partial charge in [-0.1, -0.05) is 51.5 Å². The fourth-order valence-electron chi connectivity index (χ4n) is 2.85. The summed E-state index contributed by atoms with van der Waals surface area (Å²) >= 11 is 0. The van der Waals surface area contributed by atoms with Gasteiger partial charge in [-0.15, -0.1) is 0 Å². The molecule has 25 heavy (non-hydrogen) atoms. The molecule has 0 fully saturated rings. The van der Waals surface area contributed by atoms with E-state index < -0.39 is 11.7 Å². The minimum Gasteiger partial charge on any atom is -0.304 e. The lowest BCUT2D eigenvalue weighted by Crippen LogP contribution is -2.35. The van der Waals surface area contributed by atoms with Crippen LogP contribution < -0.4 is 10.9 Å². The van der Waals surface area contributed by atoms with E-state index in [0.717, 1.165) is 36.2 Å². The van der Waals surface area contributed by atoms with Crippen LogP contribution in [0.25, 0.3) is 0 Å². The van der Waals surface area contributed by atoms with Crippen molar-refractivity contribution in [3.8, 4) is 0 Å². The minimum absolute atomic E-state index is 0.169. The van der Waals surface area contributed by atoms with Crippen LogP contribution in [0.3, 0.4) is 0 Å². The van der Waals surface area contributed by atoms with Gasteiger partial charge in [-0.05, 0) is 47.7 Å². The van der Waals surface area contributed by atoms with Crippen LogP contribution in [0.15, 0.2) is 48.5 Å². The first-order valence-electron chi connectivity index (χ1n) is 8.55. The van der Waals surface area contributed by atoms with Crippen LogP contribution >= 0.6 is 0 Å². The van der Waals surface area contributed by atoms with E-state index in [9.17, 15) is 13.2 Å². The normalized spacial score (nSPS) is 13.1. The van der Waals surface area contributed by atoms with E-state index in [2.05, 4.69) is 13.8 Å². The second kappa shape index (κ2) is 7.91. The molecule has 2 rings (SSSR count). The van der Waals surface area contributed by atoms with E-state index >= 15 is 0 Å². The summed E-state index contributed by atoms with van der Waals surface area (Å²) in [6.07, 6.45) is -2.69. The fourth-order valence-corrected chi connectivity index (χ4v) is 2.85. The Morgan fingerprint density at radius 2 is 1.44 bits per heavy atom. The van der Waals surface area contributed by atoms with Crippen LogP contribution in [-0.4, -0.2) is 0 Å². The number of anilines is 1. The van der Waals surface area contributed by atoms with Crippen LogP contribution in [0.1, 0.15) is 62.3 Å². The van der Waals surface area contributed by atoms with E-state index in [1.54, 1.807) is 5.01 Å². The molecular weight excluding hydrogens is 325 g/mol. The highest BCUT2D eigenvalue weighted by Gasteiger charge is 2.30. The Kier molecular flexibility index (Phi) is 6.11. The first kappa shape index (κ1) is 19.3. The minimum atomic E-state index is -4.33. The Hall–Kier alpha value is -2.01. The quantitative estimate of drug-likeness (QED) is 0.507. The van der Waals surface area contributed by atoms with Crippen molar-refractivity contribution in [1.29, 1.82) is 0 Å². The summed E-state index contributed by atoms with van der Waals surface area (Å²) in [7, 11) is 0. The third kappa shape index (κ3) is 4.75. The molecule has 0 aliphatic heterocycles. The first-order chi connectivity index (χ1) is 11.7. The number of hydrogen-bond donors (Lipinski definition) is 1. The van der Waals surface area contributed by atoms with Gasteiger partial charge in [0.25, 0.3) is 0 Å². The van der Waals surface area contributed by atoms with E-state index in [4.69, 9.17) is 5.84 Å². The van der Waals surface area contributed by atoms with Gasteiger partial charge in [0.05, 0.1) is 17.3 Å². The third-order valence-electron chi connectivity index (χ3n) is 4.38. The van der Waals surface area contributed by atoms with Crippen LogP contribution in [0.2, 0.25) is 0 Å². The van der Waals surface area contributed by atoms with Crippen LogP contribution in [0.5, 0.6) is 0 Å². The Labute approximate surface area is 147 Å². The highest BCUT2D eigenvalue weighted by molar-refractivity contribution is 5.49. The van der Waals surface area contributed by atoms with E-state index in [1.807, 2.05) is 31.2 Å². The molecule has 0 saturated heterocycles. The zero-order valence-electron chi connectivity index (χ0n) is 14.8. The van der Waals surface area contributed by atoms with Crippen LogP contribution in [0, 0.1) is 0 Å². The molecule has 1 atom stereocenters. The summed E-state index contributed by atoms with van der Waals surface area (Å²) in [6.45, 7) is 6.28. The molecular formula is C20H25F3N2. The summed E-state index contributed by atoms with van der Waals surface area (Å²) < 4.78 is 38.3. The lowest BCUT2D eigenvalue weighted by molar-refractivity contribution is -0.137. The summed E-state index contributed by atoms with van der Waals surface area (Å²) in [5, 5.41) is 1.65. The summed E-state index contributed by atoms with van der Waals surface area (Å²) in [5.74, 6) is 6.75. The van der Waals surface area contributed by atoms with Gasteiger partial charge >= 0.3 is 6.18 Å². The van der Waals surface area contributed by atoms with Crippen LogP contribution in [0.4, 0.5) is 18.9 Å². The van der Waals surface area contributed by atoms with Crippen molar-refractivity contribution in [3.05, 3.63) is 65.2 Å². The van der Waals surface area contributed by atoms with Crippen molar-refractivity contribution < 1.29 is 13.2 Å². The van der Waals surface area contributed by atoms with Crippen molar-refractivity contribution >= 4 is 5.69 Å². The Morgan fingerprint density at radius 3 is 1.88 bits per heavy atom. The number of hydrazine groups is 1. The largest absolute Gasteiger partial charge is 0.416 e. The predicted octanol–water partition coefficient (Wildman–Crippen LogP) is 6.05. The number of benzene rings is 2. The van der Waals surface area contributed by atoms with Crippen molar-refractivity contribution in [2.45, 2.75) is 51.7 Å². The third-order valence-corrected chi connectivity index (χ3v) is 4.38. The van der Waals surface area contributed by atoms with Crippen molar-refractivity contribution in [1.82, 2.24) is 0 Å².